The number of rotatable bonds is 3. The topological polar surface area (TPSA) is 33.2 Å². The predicted octanol–water partition coefficient (Wildman–Crippen LogP) is 3.19. The van der Waals surface area contributed by atoms with Crippen molar-refractivity contribution >= 4 is 33.9 Å². The van der Waals surface area contributed by atoms with E-state index in [9.17, 15) is 4.79 Å². The smallest absolute Gasteiger partial charge is 0.196 e. The molecule has 94 valence electrons. The highest BCUT2D eigenvalue weighted by Crippen LogP contribution is 2.30. The molecular weight excluding hydrogens is 256 g/mol. The molecule has 1 saturated heterocycles. The first-order valence-electron chi connectivity index (χ1n) is 5.94. The van der Waals surface area contributed by atoms with Crippen molar-refractivity contribution in [1.29, 1.82) is 0 Å². The molecule has 1 aromatic rings. The summed E-state index contributed by atoms with van der Waals surface area (Å²) in [5.74, 6) is 0.599. The highest BCUT2D eigenvalue weighted by molar-refractivity contribution is 7.14. The lowest BCUT2D eigenvalue weighted by Gasteiger charge is -2.37. The van der Waals surface area contributed by atoms with Crippen LogP contribution in [0.4, 0.5) is 5.13 Å². The van der Waals surface area contributed by atoms with Gasteiger partial charge in [-0.15, -0.1) is 22.9 Å². The van der Waals surface area contributed by atoms with Crippen LogP contribution in [0.2, 0.25) is 0 Å². The van der Waals surface area contributed by atoms with Gasteiger partial charge in [0.15, 0.2) is 10.9 Å². The number of hydrogen-bond acceptors (Lipinski definition) is 4. The number of hydrogen-bond donors (Lipinski definition) is 0. The number of alkyl halides is 1. The third-order valence-corrected chi connectivity index (χ3v) is 4.64. The largest absolute Gasteiger partial charge is 0.345 e. The van der Waals surface area contributed by atoms with E-state index in [4.69, 9.17) is 11.6 Å². The number of thiazole rings is 1. The number of Topliss-reactive ketones (excluding diaryl/α,β-unsaturated/α-hetero) is 1. The Morgan fingerprint density at radius 2 is 2.41 bits per heavy atom. The Morgan fingerprint density at radius 3 is 3.12 bits per heavy atom. The van der Waals surface area contributed by atoms with Gasteiger partial charge in [0.25, 0.3) is 0 Å². The molecule has 0 bridgehead atoms. The van der Waals surface area contributed by atoms with Crippen LogP contribution in [0.3, 0.4) is 0 Å². The van der Waals surface area contributed by atoms with Crippen molar-refractivity contribution in [3.05, 3.63) is 11.1 Å². The average Bonchev–Trinajstić information content (AvgIpc) is 2.81. The summed E-state index contributed by atoms with van der Waals surface area (Å²) in [6.45, 7) is 5.54. The molecule has 1 aliphatic rings. The van der Waals surface area contributed by atoms with Crippen molar-refractivity contribution in [2.45, 2.75) is 32.7 Å². The lowest BCUT2D eigenvalue weighted by atomic mass is 9.93. The first-order chi connectivity index (χ1) is 8.13. The van der Waals surface area contributed by atoms with Gasteiger partial charge >= 0.3 is 0 Å². The van der Waals surface area contributed by atoms with Crippen LogP contribution < -0.4 is 4.90 Å². The second-order valence-electron chi connectivity index (χ2n) is 4.63. The predicted molar refractivity (Wildman–Crippen MR) is 72.4 cm³/mol. The zero-order valence-corrected chi connectivity index (χ0v) is 11.7. The van der Waals surface area contributed by atoms with E-state index < -0.39 is 0 Å². The van der Waals surface area contributed by atoms with Gasteiger partial charge in [-0.3, -0.25) is 4.79 Å². The van der Waals surface area contributed by atoms with Crippen LogP contribution in [0.25, 0.3) is 0 Å². The third-order valence-electron chi connectivity index (χ3n) is 3.52. The van der Waals surface area contributed by atoms with Gasteiger partial charge in [0.05, 0.1) is 5.88 Å². The molecule has 1 fully saturated rings. The summed E-state index contributed by atoms with van der Waals surface area (Å²) >= 11 is 7.08. The molecular formula is C12H17ClN2OS. The zero-order valence-electron chi connectivity index (χ0n) is 10.1. The van der Waals surface area contributed by atoms with E-state index in [0.717, 1.165) is 11.7 Å². The van der Waals surface area contributed by atoms with E-state index in [-0.39, 0.29) is 11.7 Å². The Morgan fingerprint density at radius 1 is 1.65 bits per heavy atom. The number of anilines is 1. The highest BCUT2D eigenvalue weighted by Gasteiger charge is 2.27. The standard InChI is InChI=1S/C12H17ClN2OS/c1-8-4-3-5-15(9(8)2)12-14-10(7-17-12)11(16)6-13/h7-9H,3-6H2,1-2H3. The summed E-state index contributed by atoms with van der Waals surface area (Å²) < 4.78 is 0. The molecule has 17 heavy (non-hydrogen) atoms. The van der Waals surface area contributed by atoms with Crippen molar-refractivity contribution in [3.8, 4) is 0 Å². The molecule has 2 atom stereocenters. The fourth-order valence-corrected chi connectivity index (χ4v) is 3.28. The normalized spacial score (nSPS) is 25.0. The Kier molecular flexibility index (Phi) is 4.05. The minimum Gasteiger partial charge on any atom is -0.345 e. The van der Waals surface area contributed by atoms with Gasteiger partial charge in [0.2, 0.25) is 0 Å². The van der Waals surface area contributed by atoms with Crippen molar-refractivity contribution in [1.82, 2.24) is 4.98 Å². The molecule has 0 amide bonds. The van der Waals surface area contributed by atoms with Gasteiger partial charge in [0, 0.05) is 18.0 Å². The summed E-state index contributed by atoms with van der Waals surface area (Å²) in [7, 11) is 0. The number of piperidine rings is 1. The van der Waals surface area contributed by atoms with Gasteiger partial charge in [-0.05, 0) is 25.7 Å². The van der Waals surface area contributed by atoms with Crippen LogP contribution in [0, 0.1) is 5.92 Å². The van der Waals surface area contributed by atoms with E-state index in [1.165, 1.54) is 12.8 Å². The number of halogens is 1. The van der Waals surface area contributed by atoms with Gasteiger partial charge in [-0.1, -0.05) is 6.92 Å². The van der Waals surface area contributed by atoms with Gasteiger partial charge < -0.3 is 4.90 Å². The SMILES string of the molecule is CC1CCCN(c2nc(C(=O)CCl)cs2)C1C. The minimum absolute atomic E-state index is 0.00906. The van der Waals surface area contributed by atoms with Crippen molar-refractivity contribution in [2.24, 2.45) is 5.92 Å². The molecule has 5 heteroatoms. The minimum atomic E-state index is -0.0909. The second kappa shape index (κ2) is 5.36. The Balaban J connectivity index is 2.16. The van der Waals surface area contributed by atoms with Crippen molar-refractivity contribution in [3.63, 3.8) is 0 Å². The van der Waals surface area contributed by atoms with Gasteiger partial charge in [-0.2, -0.15) is 0 Å². The quantitative estimate of drug-likeness (QED) is 0.626. The summed E-state index contributed by atoms with van der Waals surface area (Å²) in [4.78, 5) is 18.2. The maximum absolute atomic E-state index is 11.4. The molecule has 0 spiro atoms. The maximum atomic E-state index is 11.4. The van der Waals surface area contributed by atoms with Crippen LogP contribution >= 0.6 is 22.9 Å². The molecule has 1 aromatic heterocycles. The maximum Gasteiger partial charge on any atom is 0.196 e. The number of aromatic nitrogens is 1. The fraction of sp³-hybridized carbons (Fsp3) is 0.667. The average molecular weight is 273 g/mol. The van der Waals surface area contributed by atoms with Crippen molar-refractivity contribution < 1.29 is 4.79 Å². The lowest BCUT2D eigenvalue weighted by molar-refractivity contribution is 0.101. The second-order valence-corrected chi connectivity index (χ2v) is 5.73. The van der Waals surface area contributed by atoms with Gasteiger partial charge in [0.1, 0.15) is 5.69 Å². The van der Waals surface area contributed by atoms with Crippen molar-refractivity contribution in [2.75, 3.05) is 17.3 Å². The van der Waals surface area contributed by atoms with Crippen LogP contribution in [-0.2, 0) is 0 Å². The summed E-state index contributed by atoms with van der Waals surface area (Å²) in [5, 5.41) is 2.77. The monoisotopic (exact) mass is 272 g/mol. The number of carbonyl (C=O) groups is 1. The van der Waals surface area contributed by atoms with Crippen LogP contribution in [0.5, 0.6) is 0 Å². The molecule has 0 saturated carbocycles. The highest BCUT2D eigenvalue weighted by atomic mass is 35.5. The van der Waals surface area contributed by atoms with Crippen LogP contribution in [0.15, 0.2) is 5.38 Å². The lowest BCUT2D eigenvalue weighted by Crippen LogP contribution is -2.42. The molecule has 0 radical (unpaired) electrons. The van der Waals surface area contributed by atoms with E-state index in [2.05, 4.69) is 23.7 Å². The zero-order chi connectivity index (χ0) is 12.4. The van der Waals surface area contributed by atoms with Gasteiger partial charge in [-0.25, -0.2) is 4.98 Å². The molecule has 0 aromatic carbocycles. The molecule has 0 aliphatic carbocycles. The molecule has 1 aliphatic heterocycles. The first-order valence-corrected chi connectivity index (χ1v) is 7.36. The molecule has 2 unspecified atom stereocenters. The Hall–Kier alpha value is -0.610. The Bertz CT molecular complexity index is 407. The van der Waals surface area contributed by atoms with E-state index >= 15 is 0 Å². The van der Waals surface area contributed by atoms with E-state index in [1.54, 1.807) is 11.3 Å². The number of ketones is 1. The van der Waals surface area contributed by atoms with Crippen LogP contribution in [0.1, 0.15) is 37.2 Å². The van der Waals surface area contributed by atoms with Crippen LogP contribution in [-0.4, -0.2) is 29.2 Å². The summed E-state index contributed by atoms with van der Waals surface area (Å²) in [6.07, 6.45) is 2.47. The number of nitrogens with zero attached hydrogens (tertiary/aromatic N) is 2. The van der Waals surface area contributed by atoms with E-state index in [0.29, 0.717) is 17.7 Å². The first kappa shape index (κ1) is 12.8. The Labute approximate surface area is 111 Å². The third kappa shape index (κ3) is 2.63. The fourth-order valence-electron chi connectivity index (χ4n) is 2.20. The molecule has 3 nitrogen and oxygen atoms in total. The molecule has 2 heterocycles. The molecule has 0 N–H and O–H groups in total. The summed E-state index contributed by atoms with van der Waals surface area (Å²) in [5.41, 5.74) is 0.505. The molecule has 2 rings (SSSR count). The summed E-state index contributed by atoms with van der Waals surface area (Å²) in [6, 6.07) is 0.494. The number of carbonyl (C=O) groups excluding carboxylic acids is 1. The van der Waals surface area contributed by atoms with E-state index in [1.807, 2.05) is 5.38 Å².